The summed E-state index contributed by atoms with van der Waals surface area (Å²) < 4.78 is 10.7. The quantitative estimate of drug-likeness (QED) is 0.444. The van der Waals surface area contributed by atoms with Crippen LogP contribution in [0.4, 0.5) is 11.4 Å². The maximum absolute atomic E-state index is 13.8. The first kappa shape index (κ1) is 24.9. The Kier molecular flexibility index (Phi) is 6.45. The number of carboxylic acid groups (broad SMARTS) is 1. The molecule has 2 heterocycles. The largest absolute Gasteiger partial charge is 0.493 e. The molecule has 0 spiro atoms. The monoisotopic (exact) mass is 542 g/mol. The number of ether oxygens (including phenoxy) is 2. The van der Waals surface area contributed by atoms with Crippen LogP contribution >= 0.6 is 23.2 Å². The lowest BCUT2D eigenvalue weighted by Gasteiger charge is -2.30. The third-order valence-corrected chi connectivity index (χ3v) is 7.14. The van der Waals surface area contributed by atoms with E-state index in [9.17, 15) is 19.5 Å². The first-order valence-electron chi connectivity index (χ1n) is 11.1. The van der Waals surface area contributed by atoms with E-state index in [1.807, 2.05) is 0 Å². The molecule has 0 aromatic heterocycles. The van der Waals surface area contributed by atoms with Crippen LogP contribution in [-0.4, -0.2) is 43.2 Å². The Bertz CT molecular complexity index is 1420. The highest BCUT2D eigenvalue weighted by Gasteiger charge is 2.61. The van der Waals surface area contributed by atoms with Gasteiger partial charge in [-0.2, -0.15) is 0 Å². The smallest absolute Gasteiger partial charge is 0.339 e. The lowest BCUT2D eigenvalue weighted by molar-refractivity contribution is -0.126. The van der Waals surface area contributed by atoms with Crippen molar-refractivity contribution in [3.05, 3.63) is 81.8 Å². The molecule has 3 aromatic rings. The van der Waals surface area contributed by atoms with Crippen molar-refractivity contribution >= 4 is 52.4 Å². The second-order valence-electron chi connectivity index (χ2n) is 8.34. The third kappa shape index (κ3) is 3.96. The van der Waals surface area contributed by atoms with Crippen molar-refractivity contribution in [2.75, 3.05) is 24.2 Å². The summed E-state index contributed by atoms with van der Waals surface area (Å²) in [6, 6.07) is 15.3. The molecule has 0 unspecified atom stereocenters. The molecule has 9 nitrogen and oxygen atoms in total. The molecule has 3 aromatic carbocycles. The van der Waals surface area contributed by atoms with E-state index in [-0.39, 0.29) is 38.4 Å². The number of methoxy groups -OCH3 is 2. The number of hydroxylamine groups is 1. The fourth-order valence-corrected chi connectivity index (χ4v) is 5.11. The van der Waals surface area contributed by atoms with Crippen molar-refractivity contribution in [1.29, 1.82) is 0 Å². The normalized spacial score (nSPS) is 20.8. The van der Waals surface area contributed by atoms with Gasteiger partial charge in [0.05, 0.1) is 41.7 Å². The highest BCUT2D eigenvalue weighted by molar-refractivity contribution is 6.42. The average molecular weight is 543 g/mol. The van der Waals surface area contributed by atoms with Gasteiger partial charge >= 0.3 is 5.97 Å². The van der Waals surface area contributed by atoms with Crippen molar-refractivity contribution in [3.8, 4) is 11.5 Å². The van der Waals surface area contributed by atoms with Crippen molar-refractivity contribution in [2.45, 2.75) is 12.1 Å². The van der Waals surface area contributed by atoms with Crippen LogP contribution in [0.15, 0.2) is 60.7 Å². The lowest BCUT2D eigenvalue weighted by atomic mass is 9.87. The number of carbonyl (C=O) groups excluding carboxylic acids is 2. The summed E-state index contributed by atoms with van der Waals surface area (Å²) in [6.07, 6.45) is -1.21. The van der Waals surface area contributed by atoms with E-state index in [1.54, 1.807) is 36.4 Å². The Hall–Kier alpha value is -3.79. The van der Waals surface area contributed by atoms with Gasteiger partial charge in [-0.05, 0) is 42.0 Å². The third-order valence-electron chi connectivity index (χ3n) is 6.40. The van der Waals surface area contributed by atoms with Crippen molar-refractivity contribution < 1.29 is 33.8 Å². The maximum Gasteiger partial charge on any atom is 0.339 e. The van der Waals surface area contributed by atoms with Gasteiger partial charge in [0.15, 0.2) is 17.6 Å². The number of carbonyl (C=O) groups is 3. The molecular weight excluding hydrogens is 523 g/mol. The fraction of sp³-hybridized carbons (Fsp3) is 0.192. The number of para-hydroxylation sites is 1. The van der Waals surface area contributed by atoms with E-state index >= 15 is 0 Å². The van der Waals surface area contributed by atoms with Crippen LogP contribution in [0, 0.1) is 5.92 Å². The van der Waals surface area contributed by atoms with Crippen molar-refractivity contribution in [1.82, 2.24) is 0 Å². The minimum atomic E-state index is -1.29. The molecule has 0 bridgehead atoms. The fourth-order valence-electron chi connectivity index (χ4n) is 4.82. The van der Waals surface area contributed by atoms with E-state index in [0.717, 1.165) is 4.90 Å². The van der Waals surface area contributed by atoms with Crippen molar-refractivity contribution in [3.63, 3.8) is 0 Å². The van der Waals surface area contributed by atoms with Crippen LogP contribution in [0.5, 0.6) is 11.5 Å². The van der Waals surface area contributed by atoms with E-state index in [0.29, 0.717) is 5.69 Å². The van der Waals surface area contributed by atoms with E-state index in [1.165, 1.54) is 43.5 Å². The predicted octanol–water partition coefficient (Wildman–Crippen LogP) is 4.76. The van der Waals surface area contributed by atoms with Gasteiger partial charge in [0, 0.05) is 0 Å². The molecule has 0 aliphatic carbocycles. The zero-order valence-corrected chi connectivity index (χ0v) is 21.1. The number of benzene rings is 3. The highest BCUT2D eigenvalue weighted by atomic mass is 35.5. The Labute approximate surface area is 221 Å². The summed E-state index contributed by atoms with van der Waals surface area (Å²) >= 11 is 12.2. The number of rotatable bonds is 6. The van der Waals surface area contributed by atoms with Crippen LogP contribution < -0.4 is 19.4 Å². The molecule has 11 heteroatoms. The van der Waals surface area contributed by atoms with E-state index < -0.39 is 35.8 Å². The number of aromatic carboxylic acids is 1. The lowest BCUT2D eigenvalue weighted by Crippen LogP contribution is -2.37. The number of halogens is 2. The van der Waals surface area contributed by atoms with Crippen LogP contribution in [-0.2, 0) is 14.4 Å². The number of amides is 2. The summed E-state index contributed by atoms with van der Waals surface area (Å²) in [5.41, 5.74) is 0.789. The van der Waals surface area contributed by atoms with Gasteiger partial charge in [-0.3, -0.25) is 14.4 Å². The molecule has 2 aliphatic heterocycles. The Morgan fingerprint density at radius 2 is 1.65 bits per heavy atom. The maximum atomic E-state index is 13.8. The van der Waals surface area contributed by atoms with E-state index in [4.69, 9.17) is 37.5 Å². The predicted molar refractivity (Wildman–Crippen MR) is 135 cm³/mol. The number of imide groups is 1. The molecule has 2 amide bonds. The molecule has 0 radical (unpaired) electrons. The van der Waals surface area contributed by atoms with Gasteiger partial charge in [-0.1, -0.05) is 47.5 Å². The summed E-state index contributed by atoms with van der Waals surface area (Å²) in [5.74, 6) is -3.34. The highest BCUT2D eigenvalue weighted by Crippen LogP contribution is 2.50. The molecule has 190 valence electrons. The number of fused-ring (bicyclic) bond motifs is 1. The summed E-state index contributed by atoms with van der Waals surface area (Å²) in [7, 11) is 2.72. The zero-order valence-electron chi connectivity index (χ0n) is 19.6. The minimum absolute atomic E-state index is 0.0120. The van der Waals surface area contributed by atoms with Gasteiger partial charge < -0.3 is 14.6 Å². The summed E-state index contributed by atoms with van der Waals surface area (Å²) in [6.45, 7) is 0. The van der Waals surface area contributed by atoms with Gasteiger partial charge in [0.1, 0.15) is 11.5 Å². The first-order valence-corrected chi connectivity index (χ1v) is 11.9. The number of nitrogens with zero attached hydrogens (tertiary/aromatic N) is 2. The number of carboxylic acids is 1. The van der Waals surface area contributed by atoms with Gasteiger partial charge in [-0.25, -0.2) is 14.8 Å². The Morgan fingerprint density at radius 1 is 0.919 bits per heavy atom. The van der Waals surface area contributed by atoms with Gasteiger partial charge in [-0.15, -0.1) is 0 Å². The Morgan fingerprint density at radius 3 is 2.27 bits per heavy atom. The second-order valence-corrected chi connectivity index (χ2v) is 9.15. The first-order chi connectivity index (χ1) is 17.8. The number of hydrogen-bond acceptors (Lipinski definition) is 7. The topological polar surface area (TPSA) is 106 Å². The second kappa shape index (κ2) is 9.59. The standard InChI is InChI=1S/C26H20Cl2N2O7/c1-35-18-11-9-15(19(26(33)34)22(18)36-2)21-20-23(37-30(21)13-6-4-3-5-7-13)25(32)29(24(20)31)14-8-10-16(27)17(28)12-14/h3-12,20-21,23H,1-2H3,(H,33,34)/t20-,21+,23+/m0/s1. The molecule has 2 saturated heterocycles. The molecule has 3 atom stereocenters. The molecule has 2 fully saturated rings. The van der Waals surface area contributed by atoms with Gasteiger partial charge in [0.25, 0.3) is 5.91 Å². The van der Waals surface area contributed by atoms with Gasteiger partial charge in [0.2, 0.25) is 5.91 Å². The summed E-state index contributed by atoms with van der Waals surface area (Å²) in [5, 5.41) is 12.0. The molecule has 2 aliphatic rings. The van der Waals surface area contributed by atoms with Crippen LogP contribution in [0.2, 0.25) is 10.0 Å². The minimum Gasteiger partial charge on any atom is -0.493 e. The van der Waals surface area contributed by atoms with Crippen LogP contribution in [0.1, 0.15) is 22.0 Å². The summed E-state index contributed by atoms with van der Waals surface area (Å²) in [4.78, 5) is 46.9. The SMILES string of the molecule is COc1ccc([C@@H]2[C@@H]3C(=O)N(c4ccc(Cl)c(Cl)c4)C(=O)[C@@H]3ON2c2ccccc2)c(C(=O)O)c1OC. The molecule has 37 heavy (non-hydrogen) atoms. The molecule has 1 N–H and O–H groups in total. The number of hydrogen-bond donors (Lipinski definition) is 1. The molecular formula is C26H20Cl2N2O7. The van der Waals surface area contributed by atoms with E-state index in [2.05, 4.69) is 0 Å². The molecule has 0 saturated carbocycles. The van der Waals surface area contributed by atoms with Crippen molar-refractivity contribution in [2.24, 2.45) is 5.92 Å². The zero-order chi connectivity index (χ0) is 26.4. The molecule has 5 rings (SSSR count). The van der Waals surface area contributed by atoms with Crippen LogP contribution in [0.25, 0.3) is 0 Å². The average Bonchev–Trinajstić information content (AvgIpc) is 3.40. The Balaban J connectivity index is 1.69. The number of anilines is 2. The van der Waals surface area contributed by atoms with Crippen LogP contribution in [0.3, 0.4) is 0 Å².